The summed E-state index contributed by atoms with van der Waals surface area (Å²) in [6.45, 7) is 18.1. The quantitative estimate of drug-likeness (QED) is 0.160. The summed E-state index contributed by atoms with van der Waals surface area (Å²) in [6.07, 6.45) is 0. The van der Waals surface area contributed by atoms with E-state index in [0.717, 1.165) is 134 Å². The van der Waals surface area contributed by atoms with Gasteiger partial charge in [-0.2, -0.15) is 0 Å². The van der Waals surface area contributed by atoms with Crippen LogP contribution < -0.4 is 26.4 Å². The van der Waals surface area contributed by atoms with E-state index in [0.29, 0.717) is 0 Å². The fourth-order valence-electron chi connectivity index (χ4n) is 11.7. The molecule has 0 bridgehead atoms. The van der Waals surface area contributed by atoms with E-state index in [-0.39, 0.29) is 17.5 Å². The van der Waals surface area contributed by atoms with Gasteiger partial charge in [-0.3, -0.25) is 0 Å². The molecule has 7 heteroatoms. The molecule has 12 aromatic rings. The highest BCUT2D eigenvalue weighted by atomic mass is 16.3. The first-order valence-electron chi connectivity index (χ1n) is 25.4. The Kier molecular flexibility index (Phi) is 9.24. The van der Waals surface area contributed by atoms with Crippen molar-refractivity contribution < 1.29 is 17.7 Å². The molecule has 73 heavy (non-hydrogen) atoms. The van der Waals surface area contributed by atoms with Gasteiger partial charge in [-0.1, -0.05) is 126 Å². The Balaban J connectivity index is 1.07. The highest BCUT2D eigenvalue weighted by molar-refractivity contribution is 7.00. The topological polar surface area (TPSA) is 59.0 Å². The van der Waals surface area contributed by atoms with Gasteiger partial charge >= 0.3 is 0 Å². The monoisotopic (exact) mass is 948 g/mol. The zero-order chi connectivity index (χ0) is 49.7. The first-order valence-corrected chi connectivity index (χ1v) is 25.4. The fraction of sp³-hybridized carbons (Fsp3) is 0.152. The van der Waals surface area contributed by atoms with E-state index in [9.17, 15) is 0 Å². The van der Waals surface area contributed by atoms with E-state index in [1.165, 1.54) is 16.6 Å². The van der Waals surface area contributed by atoms with Crippen LogP contribution in [0, 0.1) is 13.8 Å². The SMILES string of the molecule is Cc1cc(-c2cc3ccccc3o2)cc(C)c1N1c2cc(C(C)(C)C)cc3c2B(c2ccc(-c4cc5ccccc5o4)cc2N3c2cccc(-c3cc4ccccc4o3)c2)c2oc3ccc(C(C)(C)C)cc3c21. The molecule has 0 fully saturated rings. The van der Waals surface area contributed by atoms with Crippen molar-refractivity contribution in [1.82, 2.24) is 0 Å². The third-order valence-electron chi connectivity index (χ3n) is 15.3. The van der Waals surface area contributed by atoms with Crippen molar-refractivity contribution in [3.8, 4) is 34.0 Å². The first-order chi connectivity index (χ1) is 35.2. The molecule has 0 atom stereocenters. The zero-order valence-electron chi connectivity index (χ0n) is 42.3. The van der Waals surface area contributed by atoms with E-state index < -0.39 is 0 Å². The van der Waals surface area contributed by atoms with Crippen LogP contribution in [0.3, 0.4) is 0 Å². The molecule has 6 heterocycles. The molecule has 0 spiro atoms. The first kappa shape index (κ1) is 43.4. The molecule has 0 aliphatic carbocycles. The van der Waals surface area contributed by atoms with Crippen LogP contribution in [0.2, 0.25) is 0 Å². The van der Waals surface area contributed by atoms with Gasteiger partial charge in [0.05, 0.1) is 17.0 Å². The largest absolute Gasteiger partial charge is 0.468 e. The maximum atomic E-state index is 7.42. The summed E-state index contributed by atoms with van der Waals surface area (Å²) < 4.78 is 27.1. The van der Waals surface area contributed by atoms with Gasteiger partial charge in [-0.15, -0.1) is 0 Å². The summed E-state index contributed by atoms with van der Waals surface area (Å²) in [4.78, 5) is 5.02. The summed E-state index contributed by atoms with van der Waals surface area (Å²) in [6, 6.07) is 63.1. The molecule has 6 nitrogen and oxygen atoms in total. The molecule has 8 aromatic carbocycles. The van der Waals surface area contributed by atoms with Crippen LogP contribution in [0.25, 0.3) is 77.8 Å². The van der Waals surface area contributed by atoms with Gasteiger partial charge < -0.3 is 27.5 Å². The summed E-state index contributed by atoms with van der Waals surface area (Å²) in [5, 5.41) is 4.33. The Labute approximate surface area is 425 Å². The van der Waals surface area contributed by atoms with Crippen LogP contribution in [0.15, 0.2) is 194 Å². The summed E-state index contributed by atoms with van der Waals surface area (Å²) >= 11 is 0. The van der Waals surface area contributed by atoms with E-state index in [1.54, 1.807) is 0 Å². The van der Waals surface area contributed by atoms with Crippen LogP contribution >= 0.6 is 0 Å². The highest BCUT2D eigenvalue weighted by Crippen LogP contribution is 2.51. The average Bonchev–Trinajstić information content (AvgIpc) is 4.20. The van der Waals surface area contributed by atoms with Crippen molar-refractivity contribution >= 4 is 101 Å². The Morgan fingerprint density at radius 2 is 0.945 bits per heavy atom. The average molecular weight is 949 g/mol. The number of aryl methyl sites for hydroxylation is 2. The Morgan fingerprint density at radius 1 is 0.397 bits per heavy atom. The van der Waals surface area contributed by atoms with Crippen LogP contribution in [0.4, 0.5) is 34.1 Å². The molecule has 2 aliphatic rings. The van der Waals surface area contributed by atoms with Crippen LogP contribution in [0.1, 0.15) is 63.8 Å². The Bertz CT molecular complexity index is 4120. The predicted octanol–water partition coefficient (Wildman–Crippen LogP) is 17.0. The number of hydrogen-bond acceptors (Lipinski definition) is 6. The van der Waals surface area contributed by atoms with E-state index >= 15 is 0 Å². The minimum Gasteiger partial charge on any atom is -0.468 e. The van der Waals surface area contributed by atoms with Gasteiger partial charge in [-0.05, 0) is 149 Å². The van der Waals surface area contributed by atoms with Crippen molar-refractivity contribution in [1.29, 1.82) is 0 Å². The van der Waals surface area contributed by atoms with Crippen LogP contribution in [-0.4, -0.2) is 6.71 Å². The minimum atomic E-state index is -0.249. The number of benzene rings is 8. The lowest BCUT2D eigenvalue weighted by atomic mass is 9.35. The standard InChI is InChI=1S/C66H53BN2O4/c1-38-28-45(60-34-43-18-11-14-23-56(43)72-60)29-39(2)62(38)69-53-37-47(66(6,7)8)36-52-61(53)67(64-63(69)49-35-46(65(3,4)5)25-27-57(49)73-64)50-26-24-44(59-33-42-17-10-13-22-55(42)71-59)31-51(50)68(52)48-20-15-19-40(30-48)58-32-41-16-9-12-21-54(41)70-58/h9-37H,1-8H3. The summed E-state index contributed by atoms with van der Waals surface area (Å²) in [5.41, 5.74) is 20.7. The van der Waals surface area contributed by atoms with Crippen molar-refractivity contribution in [3.05, 3.63) is 198 Å². The normalized spacial score (nSPS) is 13.4. The lowest BCUT2D eigenvalue weighted by Gasteiger charge is -2.44. The van der Waals surface area contributed by atoms with Crippen molar-refractivity contribution in [3.63, 3.8) is 0 Å². The lowest BCUT2D eigenvalue weighted by Crippen LogP contribution is -2.61. The maximum absolute atomic E-state index is 7.42. The number of fused-ring (bicyclic) bond motifs is 9. The van der Waals surface area contributed by atoms with E-state index in [2.05, 4.69) is 205 Å². The number of hydrogen-bond donors (Lipinski definition) is 0. The van der Waals surface area contributed by atoms with Crippen LogP contribution in [-0.2, 0) is 10.8 Å². The van der Waals surface area contributed by atoms with E-state index in [1.807, 2.05) is 36.4 Å². The fourth-order valence-corrected chi connectivity index (χ4v) is 11.7. The second-order valence-corrected chi connectivity index (χ2v) is 22.3. The minimum absolute atomic E-state index is 0.0930. The second kappa shape index (κ2) is 15.5. The second-order valence-electron chi connectivity index (χ2n) is 22.3. The van der Waals surface area contributed by atoms with E-state index in [4.69, 9.17) is 17.7 Å². The molecular weight excluding hydrogens is 896 g/mol. The third-order valence-corrected chi connectivity index (χ3v) is 15.3. The smallest absolute Gasteiger partial charge is 0.297 e. The molecule has 0 saturated heterocycles. The summed E-state index contributed by atoms with van der Waals surface area (Å²) in [5.74, 6) is 2.50. The highest BCUT2D eigenvalue weighted by Gasteiger charge is 2.48. The molecule has 4 aromatic heterocycles. The molecule has 14 rings (SSSR count). The Hall–Kier alpha value is -8.42. The molecule has 0 amide bonds. The van der Waals surface area contributed by atoms with Crippen molar-refractivity contribution in [2.45, 2.75) is 66.2 Å². The Morgan fingerprint density at radius 3 is 1.52 bits per heavy atom. The van der Waals surface area contributed by atoms with Gasteiger partial charge in [0.2, 0.25) is 0 Å². The summed E-state index contributed by atoms with van der Waals surface area (Å²) in [7, 11) is 0. The molecule has 0 unspecified atom stereocenters. The maximum Gasteiger partial charge on any atom is 0.297 e. The molecule has 0 saturated carbocycles. The molecule has 0 radical (unpaired) electrons. The van der Waals surface area contributed by atoms with Gasteiger partial charge in [0, 0.05) is 61.0 Å². The number of furan rings is 4. The van der Waals surface area contributed by atoms with Gasteiger partial charge in [0.15, 0.2) is 0 Å². The van der Waals surface area contributed by atoms with Crippen LogP contribution in [0.5, 0.6) is 0 Å². The van der Waals surface area contributed by atoms with Crippen molar-refractivity contribution in [2.75, 3.05) is 9.80 Å². The third kappa shape index (κ3) is 6.78. The number of rotatable bonds is 5. The lowest BCUT2D eigenvalue weighted by molar-refractivity contribution is 0.590. The van der Waals surface area contributed by atoms with Gasteiger partial charge in [-0.25, -0.2) is 0 Å². The molecular formula is C66H53BN2O4. The molecule has 354 valence electrons. The van der Waals surface area contributed by atoms with Crippen molar-refractivity contribution in [2.24, 2.45) is 0 Å². The van der Waals surface area contributed by atoms with Gasteiger partial charge in [0.1, 0.15) is 39.6 Å². The zero-order valence-corrected chi connectivity index (χ0v) is 42.3. The predicted molar refractivity (Wildman–Crippen MR) is 303 cm³/mol. The number of nitrogens with zero attached hydrogens (tertiary/aromatic N) is 2. The number of para-hydroxylation sites is 3. The molecule has 2 aliphatic heterocycles. The molecule has 0 N–H and O–H groups in total. The number of anilines is 6. The van der Waals surface area contributed by atoms with Gasteiger partial charge in [0.25, 0.3) is 6.71 Å².